The minimum atomic E-state index is -1.31. The van der Waals surface area contributed by atoms with Crippen LogP contribution < -0.4 is 5.32 Å². The van der Waals surface area contributed by atoms with Crippen LogP contribution in [0.1, 0.15) is 75.5 Å². The minimum Gasteiger partial charge on any atom is -0.463 e. The first kappa shape index (κ1) is 35.3. The van der Waals surface area contributed by atoms with Gasteiger partial charge in [-0.2, -0.15) is 0 Å². The molecule has 10 heteroatoms. The van der Waals surface area contributed by atoms with Gasteiger partial charge in [-0.25, -0.2) is 9.59 Å². The van der Waals surface area contributed by atoms with Gasteiger partial charge in [0.2, 0.25) is 0 Å². The number of fused-ring (bicyclic) bond motifs is 1. The van der Waals surface area contributed by atoms with Crippen LogP contribution in [0.2, 0.25) is 10.0 Å². The maximum atomic E-state index is 14.1. The topological polar surface area (TPSA) is 94.2 Å². The number of alkyl carbamates (subject to hydrolysis) is 1. The van der Waals surface area contributed by atoms with E-state index >= 15 is 0 Å². The number of nitrogens with one attached hydrogen (secondary N) is 1. The Labute approximate surface area is 281 Å². The highest BCUT2D eigenvalue weighted by Crippen LogP contribution is 2.47. The number of hydrogen-bond acceptors (Lipinski definition) is 6. The average Bonchev–Trinajstić information content (AvgIpc) is 3.22. The zero-order chi connectivity index (χ0) is 33.9. The Hall–Kier alpha value is -3.59. The fraction of sp³-hybridized carbons (Fsp3) is 0.417. The summed E-state index contributed by atoms with van der Waals surface area (Å²) in [5.41, 5.74) is 0.106. The van der Waals surface area contributed by atoms with E-state index in [0.29, 0.717) is 21.2 Å². The number of esters is 1. The lowest BCUT2D eigenvalue weighted by Gasteiger charge is -2.41. The van der Waals surface area contributed by atoms with Crippen molar-refractivity contribution in [3.8, 4) is 0 Å². The normalized spacial score (nSPS) is 17.1. The van der Waals surface area contributed by atoms with Crippen molar-refractivity contribution < 1.29 is 28.6 Å². The van der Waals surface area contributed by atoms with E-state index in [-0.39, 0.29) is 31.6 Å². The van der Waals surface area contributed by atoms with Gasteiger partial charge in [0.15, 0.2) is 5.72 Å². The molecule has 1 aliphatic rings. The van der Waals surface area contributed by atoms with Gasteiger partial charge in [-0.15, -0.1) is 0 Å². The average molecular weight is 670 g/mol. The van der Waals surface area contributed by atoms with E-state index in [0.717, 1.165) is 11.1 Å². The second-order valence-corrected chi connectivity index (χ2v) is 14.5. The fourth-order valence-electron chi connectivity index (χ4n) is 5.21. The summed E-state index contributed by atoms with van der Waals surface area (Å²) in [7, 11) is 0. The second-order valence-electron chi connectivity index (χ2n) is 13.6. The van der Waals surface area contributed by atoms with Crippen molar-refractivity contribution in [1.29, 1.82) is 0 Å². The van der Waals surface area contributed by atoms with E-state index < -0.39 is 34.8 Å². The number of benzene rings is 3. The van der Waals surface area contributed by atoms with Crippen LogP contribution in [0.4, 0.5) is 4.79 Å². The molecular formula is C36H42Cl2N2O6. The van der Waals surface area contributed by atoms with Crippen LogP contribution in [0.25, 0.3) is 0 Å². The van der Waals surface area contributed by atoms with Gasteiger partial charge < -0.3 is 19.5 Å². The molecule has 1 aliphatic heterocycles. The van der Waals surface area contributed by atoms with Gasteiger partial charge in [0.05, 0.1) is 13.2 Å². The molecule has 0 fully saturated rings. The van der Waals surface area contributed by atoms with Crippen LogP contribution in [0.15, 0.2) is 72.8 Å². The molecule has 0 aromatic heterocycles. The number of carbonyl (C=O) groups excluding carboxylic acids is 3. The molecule has 0 radical (unpaired) electrons. The molecule has 246 valence electrons. The van der Waals surface area contributed by atoms with Crippen LogP contribution >= 0.6 is 23.2 Å². The number of ether oxygens (including phenoxy) is 3. The van der Waals surface area contributed by atoms with Gasteiger partial charge in [0.25, 0.3) is 5.91 Å². The Kier molecular flexibility index (Phi) is 10.8. The third kappa shape index (κ3) is 8.21. The standard InChI is InChI=1S/C36H42Cl2N2O6/c1-23(2)30(39-33(43)46-34(3,4)5)32(42)44-21-35(6,7)22-45-36(25-14-18-27(38)19-15-25)29-11-9-8-10-28(29)31(41)40(36)20-24-12-16-26(37)17-13-24/h8-19,23,30H,20-22H2,1-7H3,(H,39,43)/t30-,36?/m0/s1. The molecule has 0 aliphatic carbocycles. The molecule has 1 unspecified atom stereocenters. The van der Waals surface area contributed by atoms with Crippen molar-refractivity contribution in [2.24, 2.45) is 11.3 Å². The summed E-state index contributed by atoms with van der Waals surface area (Å²) in [5.74, 6) is -1.00. The van der Waals surface area contributed by atoms with Crippen LogP contribution in [0.3, 0.4) is 0 Å². The van der Waals surface area contributed by atoms with Gasteiger partial charge in [-0.1, -0.05) is 93.4 Å². The van der Waals surface area contributed by atoms with Crippen molar-refractivity contribution in [3.05, 3.63) is 105 Å². The monoisotopic (exact) mass is 668 g/mol. The lowest BCUT2D eigenvalue weighted by molar-refractivity contribution is -0.159. The first-order chi connectivity index (χ1) is 21.5. The zero-order valence-corrected chi connectivity index (χ0v) is 28.9. The first-order valence-electron chi connectivity index (χ1n) is 15.2. The Bertz CT molecular complexity index is 1550. The molecule has 0 saturated heterocycles. The smallest absolute Gasteiger partial charge is 0.408 e. The molecule has 46 heavy (non-hydrogen) atoms. The molecule has 8 nitrogen and oxygen atoms in total. The number of amides is 2. The van der Waals surface area contributed by atoms with Gasteiger partial charge >= 0.3 is 12.1 Å². The predicted molar refractivity (Wildman–Crippen MR) is 179 cm³/mol. The maximum Gasteiger partial charge on any atom is 0.408 e. The lowest BCUT2D eigenvalue weighted by Crippen LogP contribution is -2.49. The predicted octanol–water partition coefficient (Wildman–Crippen LogP) is 7.99. The van der Waals surface area contributed by atoms with E-state index in [1.54, 1.807) is 56.0 Å². The molecule has 2 atom stereocenters. The molecule has 0 saturated carbocycles. The van der Waals surface area contributed by atoms with Crippen LogP contribution in [-0.4, -0.2) is 47.7 Å². The summed E-state index contributed by atoms with van der Waals surface area (Å²) >= 11 is 12.4. The zero-order valence-electron chi connectivity index (χ0n) is 27.4. The Morgan fingerprint density at radius 3 is 2.04 bits per heavy atom. The molecule has 2 amide bonds. The van der Waals surface area contributed by atoms with E-state index in [9.17, 15) is 14.4 Å². The van der Waals surface area contributed by atoms with E-state index in [2.05, 4.69) is 5.32 Å². The van der Waals surface area contributed by atoms with Crippen LogP contribution in [0, 0.1) is 11.3 Å². The Balaban J connectivity index is 1.62. The number of rotatable bonds is 11. The second kappa shape index (κ2) is 14.0. The fourth-order valence-corrected chi connectivity index (χ4v) is 5.46. The van der Waals surface area contributed by atoms with Crippen LogP contribution in [-0.2, 0) is 31.3 Å². The summed E-state index contributed by atoms with van der Waals surface area (Å²) in [6.07, 6.45) is -0.694. The summed E-state index contributed by atoms with van der Waals surface area (Å²) < 4.78 is 18.0. The molecule has 1 N–H and O–H groups in total. The van der Waals surface area contributed by atoms with E-state index in [4.69, 9.17) is 37.4 Å². The number of hydrogen-bond donors (Lipinski definition) is 1. The third-order valence-electron chi connectivity index (χ3n) is 7.51. The van der Waals surface area contributed by atoms with E-state index in [1.165, 1.54) is 0 Å². The van der Waals surface area contributed by atoms with Crippen molar-refractivity contribution in [2.75, 3.05) is 13.2 Å². The summed E-state index contributed by atoms with van der Waals surface area (Å²) in [5, 5.41) is 3.78. The summed E-state index contributed by atoms with van der Waals surface area (Å²) in [6.45, 7) is 13.1. The molecule has 0 spiro atoms. The van der Waals surface area contributed by atoms with Crippen molar-refractivity contribution in [3.63, 3.8) is 0 Å². The Morgan fingerprint density at radius 1 is 0.870 bits per heavy atom. The van der Waals surface area contributed by atoms with E-state index in [1.807, 2.05) is 70.2 Å². The SMILES string of the molecule is CC(C)[C@H](NC(=O)OC(C)(C)C)C(=O)OCC(C)(C)COC1(c2ccc(Cl)cc2)c2ccccc2C(=O)N1Cc1ccc(Cl)cc1. The lowest BCUT2D eigenvalue weighted by atomic mass is 9.91. The van der Waals surface area contributed by atoms with Crippen LogP contribution in [0.5, 0.6) is 0 Å². The maximum absolute atomic E-state index is 14.1. The summed E-state index contributed by atoms with van der Waals surface area (Å²) in [4.78, 5) is 41.4. The van der Waals surface area contributed by atoms with Crippen molar-refractivity contribution >= 4 is 41.2 Å². The highest BCUT2D eigenvalue weighted by molar-refractivity contribution is 6.30. The Morgan fingerprint density at radius 2 is 1.46 bits per heavy atom. The van der Waals surface area contributed by atoms with Gasteiger partial charge in [0, 0.05) is 38.7 Å². The first-order valence-corrected chi connectivity index (χ1v) is 16.0. The minimum absolute atomic E-state index is 0.00543. The third-order valence-corrected chi connectivity index (χ3v) is 8.01. The molecule has 0 bridgehead atoms. The largest absolute Gasteiger partial charge is 0.463 e. The number of nitrogens with zero attached hydrogens (tertiary/aromatic N) is 1. The van der Waals surface area contributed by atoms with Crippen molar-refractivity contribution in [1.82, 2.24) is 10.2 Å². The van der Waals surface area contributed by atoms with Gasteiger partial charge in [-0.05, 0) is 62.6 Å². The molecule has 1 heterocycles. The summed E-state index contributed by atoms with van der Waals surface area (Å²) in [6, 6.07) is 21.1. The number of halogens is 2. The molecule has 4 rings (SSSR count). The number of carbonyl (C=O) groups is 3. The molecule has 3 aromatic carbocycles. The van der Waals surface area contributed by atoms with Gasteiger partial charge in [0.1, 0.15) is 11.6 Å². The van der Waals surface area contributed by atoms with Crippen molar-refractivity contribution in [2.45, 2.75) is 72.4 Å². The highest BCUT2D eigenvalue weighted by Gasteiger charge is 2.52. The quantitative estimate of drug-likeness (QED) is 0.208. The molecule has 3 aromatic rings. The molecular weight excluding hydrogens is 627 g/mol. The highest BCUT2D eigenvalue weighted by atomic mass is 35.5. The van der Waals surface area contributed by atoms with Gasteiger partial charge in [-0.3, -0.25) is 9.69 Å².